The Morgan fingerprint density at radius 2 is 2.12 bits per heavy atom. The lowest BCUT2D eigenvalue weighted by atomic mass is 9.97. The number of carboxylic acids is 1. The summed E-state index contributed by atoms with van der Waals surface area (Å²) in [6, 6.07) is 10.6. The predicted octanol–water partition coefficient (Wildman–Crippen LogP) is 2.79. The first-order valence-electron chi connectivity index (χ1n) is 8.07. The maximum atomic E-state index is 12.6. The number of amides is 1. The molecule has 5 nitrogen and oxygen atoms in total. The lowest BCUT2D eigenvalue weighted by Crippen LogP contribution is -2.29. The molecule has 0 aliphatic carbocycles. The quantitative estimate of drug-likeness (QED) is 0.939. The normalized spacial score (nSPS) is 17.0. The molecule has 1 aliphatic rings. The molecule has 2 aromatic rings. The largest absolute Gasteiger partial charge is 0.478 e. The van der Waals surface area contributed by atoms with Crippen LogP contribution in [0.3, 0.4) is 0 Å². The van der Waals surface area contributed by atoms with Gasteiger partial charge in [0, 0.05) is 25.0 Å². The van der Waals surface area contributed by atoms with Gasteiger partial charge in [0.05, 0.1) is 11.1 Å². The minimum atomic E-state index is -0.910. The van der Waals surface area contributed by atoms with Crippen LogP contribution < -0.4 is 0 Å². The Balaban J connectivity index is 1.65. The van der Waals surface area contributed by atoms with Crippen LogP contribution in [0.4, 0.5) is 0 Å². The van der Waals surface area contributed by atoms with Crippen LogP contribution in [0.5, 0.6) is 0 Å². The van der Waals surface area contributed by atoms with Crippen LogP contribution in [0, 0.1) is 12.8 Å². The second-order valence-corrected chi connectivity index (χ2v) is 6.25. The van der Waals surface area contributed by atoms with E-state index in [1.807, 2.05) is 24.0 Å². The van der Waals surface area contributed by atoms with Gasteiger partial charge in [0.15, 0.2) is 0 Å². The SMILES string of the molecule is Cc1ncccc1C(=O)N1CCC(Cc2cccc(C(=O)O)c2)C1. The van der Waals surface area contributed by atoms with E-state index in [2.05, 4.69) is 4.98 Å². The van der Waals surface area contributed by atoms with Crippen LogP contribution >= 0.6 is 0 Å². The Kier molecular flexibility index (Phi) is 4.60. The first kappa shape index (κ1) is 16.2. The van der Waals surface area contributed by atoms with E-state index in [9.17, 15) is 9.59 Å². The zero-order chi connectivity index (χ0) is 17.1. The molecule has 24 heavy (non-hydrogen) atoms. The van der Waals surface area contributed by atoms with E-state index in [4.69, 9.17) is 5.11 Å². The van der Waals surface area contributed by atoms with Gasteiger partial charge in [-0.2, -0.15) is 0 Å². The Bertz CT molecular complexity index is 773. The highest BCUT2D eigenvalue weighted by Gasteiger charge is 2.28. The molecule has 1 aromatic carbocycles. The summed E-state index contributed by atoms with van der Waals surface area (Å²) in [5.74, 6) is -0.524. The van der Waals surface area contributed by atoms with Gasteiger partial charge in [0.25, 0.3) is 5.91 Å². The highest BCUT2D eigenvalue weighted by molar-refractivity contribution is 5.95. The van der Waals surface area contributed by atoms with Crippen molar-refractivity contribution >= 4 is 11.9 Å². The minimum absolute atomic E-state index is 0.0300. The molecule has 124 valence electrons. The number of aromatic carboxylic acids is 1. The lowest BCUT2D eigenvalue weighted by Gasteiger charge is -2.17. The average Bonchev–Trinajstić information content (AvgIpc) is 3.03. The molecule has 1 aliphatic heterocycles. The molecule has 0 spiro atoms. The number of pyridine rings is 1. The van der Waals surface area contributed by atoms with Gasteiger partial charge in [-0.25, -0.2) is 4.79 Å². The van der Waals surface area contributed by atoms with E-state index >= 15 is 0 Å². The smallest absolute Gasteiger partial charge is 0.335 e. The second-order valence-electron chi connectivity index (χ2n) is 6.25. The van der Waals surface area contributed by atoms with Crippen LogP contribution in [0.15, 0.2) is 42.6 Å². The monoisotopic (exact) mass is 324 g/mol. The minimum Gasteiger partial charge on any atom is -0.478 e. The fourth-order valence-electron chi connectivity index (χ4n) is 3.23. The third-order valence-electron chi connectivity index (χ3n) is 4.51. The van der Waals surface area contributed by atoms with Gasteiger partial charge in [-0.3, -0.25) is 9.78 Å². The molecule has 5 heteroatoms. The van der Waals surface area contributed by atoms with Crippen LogP contribution in [0.1, 0.15) is 38.4 Å². The van der Waals surface area contributed by atoms with Crippen molar-refractivity contribution in [1.29, 1.82) is 0 Å². The van der Waals surface area contributed by atoms with Crippen molar-refractivity contribution in [1.82, 2.24) is 9.88 Å². The van der Waals surface area contributed by atoms with E-state index in [0.717, 1.165) is 30.6 Å². The van der Waals surface area contributed by atoms with Gasteiger partial charge in [-0.1, -0.05) is 12.1 Å². The van der Waals surface area contributed by atoms with Crippen LogP contribution in [0.2, 0.25) is 0 Å². The second kappa shape index (κ2) is 6.83. The van der Waals surface area contributed by atoms with Crippen molar-refractivity contribution < 1.29 is 14.7 Å². The van der Waals surface area contributed by atoms with Crippen molar-refractivity contribution in [3.63, 3.8) is 0 Å². The number of nitrogens with zero attached hydrogens (tertiary/aromatic N) is 2. The third-order valence-corrected chi connectivity index (χ3v) is 4.51. The number of carbonyl (C=O) groups excluding carboxylic acids is 1. The summed E-state index contributed by atoms with van der Waals surface area (Å²) in [6.07, 6.45) is 3.41. The maximum Gasteiger partial charge on any atom is 0.335 e. The van der Waals surface area contributed by atoms with E-state index in [1.165, 1.54) is 0 Å². The van der Waals surface area contributed by atoms with Gasteiger partial charge in [-0.15, -0.1) is 0 Å². The number of hydrogen-bond acceptors (Lipinski definition) is 3. The summed E-state index contributed by atoms with van der Waals surface area (Å²) in [5, 5.41) is 9.08. The lowest BCUT2D eigenvalue weighted by molar-refractivity contribution is 0.0696. The highest BCUT2D eigenvalue weighted by atomic mass is 16.4. The van der Waals surface area contributed by atoms with Crippen molar-refractivity contribution in [3.05, 3.63) is 65.0 Å². The van der Waals surface area contributed by atoms with Crippen molar-refractivity contribution in [2.75, 3.05) is 13.1 Å². The number of likely N-dealkylation sites (tertiary alicyclic amines) is 1. The first-order valence-corrected chi connectivity index (χ1v) is 8.07. The van der Waals surface area contributed by atoms with Gasteiger partial charge in [0.1, 0.15) is 0 Å². The predicted molar refractivity (Wildman–Crippen MR) is 90.1 cm³/mol. The van der Waals surface area contributed by atoms with Gasteiger partial charge >= 0.3 is 5.97 Å². The Labute approximate surface area is 140 Å². The maximum absolute atomic E-state index is 12.6. The zero-order valence-corrected chi connectivity index (χ0v) is 13.6. The number of hydrogen-bond donors (Lipinski definition) is 1. The summed E-state index contributed by atoms with van der Waals surface area (Å²) >= 11 is 0. The molecule has 0 bridgehead atoms. The Morgan fingerprint density at radius 1 is 1.29 bits per heavy atom. The van der Waals surface area contributed by atoms with Gasteiger partial charge in [0.2, 0.25) is 0 Å². The summed E-state index contributed by atoms with van der Waals surface area (Å²) in [5.41, 5.74) is 2.72. The number of benzene rings is 1. The molecule has 1 unspecified atom stereocenters. The number of aryl methyl sites for hydroxylation is 1. The third kappa shape index (κ3) is 3.45. The topological polar surface area (TPSA) is 70.5 Å². The van der Waals surface area contributed by atoms with Crippen LogP contribution in [-0.4, -0.2) is 40.0 Å². The van der Waals surface area contributed by atoms with Gasteiger partial charge < -0.3 is 10.0 Å². The molecule has 1 N–H and O–H groups in total. The summed E-state index contributed by atoms with van der Waals surface area (Å²) < 4.78 is 0. The van der Waals surface area contributed by atoms with E-state index in [1.54, 1.807) is 30.5 Å². The average molecular weight is 324 g/mol. The van der Waals surface area contributed by atoms with Crippen molar-refractivity contribution in [2.24, 2.45) is 5.92 Å². The van der Waals surface area contributed by atoms with E-state index in [-0.39, 0.29) is 5.91 Å². The Morgan fingerprint density at radius 3 is 2.88 bits per heavy atom. The molecular weight excluding hydrogens is 304 g/mol. The highest BCUT2D eigenvalue weighted by Crippen LogP contribution is 2.23. The van der Waals surface area contributed by atoms with Crippen molar-refractivity contribution in [2.45, 2.75) is 19.8 Å². The van der Waals surface area contributed by atoms with E-state index in [0.29, 0.717) is 23.6 Å². The molecule has 1 saturated heterocycles. The molecule has 3 rings (SSSR count). The Hall–Kier alpha value is -2.69. The van der Waals surface area contributed by atoms with Crippen molar-refractivity contribution in [3.8, 4) is 0 Å². The molecule has 0 saturated carbocycles. The number of carbonyl (C=O) groups is 2. The van der Waals surface area contributed by atoms with Gasteiger partial charge in [-0.05, 0) is 55.5 Å². The van der Waals surface area contributed by atoms with Crippen LogP contribution in [0.25, 0.3) is 0 Å². The fraction of sp³-hybridized carbons (Fsp3) is 0.316. The molecule has 1 fully saturated rings. The molecular formula is C19H20N2O3. The molecule has 0 radical (unpaired) electrons. The zero-order valence-electron chi connectivity index (χ0n) is 13.6. The number of aromatic nitrogens is 1. The summed E-state index contributed by atoms with van der Waals surface area (Å²) in [4.78, 5) is 29.7. The molecule has 1 amide bonds. The summed E-state index contributed by atoms with van der Waals surface area (Å²) in [6.45, 7) is 3.28. The molecule has 1 atom stereocenters. The summed E-state index contributed by atoms with van der Waals surface area (Å²) in [7, 11) is 0. The fourth-order valence-corrected chi connectivity index (χ4v) is 3.23. The van der Waals surface area contributed by atoms with Crippen LogP contribution in [-0.2, 0) is 6.42 Å². The molecule has 2 heterocycles. The first-order chi connectivity index (χ1) is 11.5. The number of carboxylic acid groups (broad SMARTS) is 1. The standard InChI is InChI=1S/C19H20N2O3/c1-13-17(6-3-8-20-13)18(22)21-9-7-15(12-21)10-14-4-2-5-16(11-14)19(23)24/h2-6,8,11,15H,7,9-10,12H2,1H3,(H,23,24). The van der Waals surface area contributed by atoms with E-state index < -0.39 is 5.97 Å². The molecule has 1 aromatic heterocycles. The number of rotatable bonds is 4.